The third-order valence-electron chi connectivity index (χ3n) is 4.78. The Labute approximate surface area is 157 Å². The fourth-order valence-corrected chi connectivity index (χ4v) is 3.32. The summed E-state index contributed by atoms with van der Waals surface area (Å²) in [5.41, 5.74) is 6.79. The monoisotopic (exact) mass is 363 g/mol. The number of rotatable bonds is 5. The second kappa shape index (κ2) is 7.53. The van der Waals surface area contributed by atoms with Crippen molar-refractivity contribution in [2.45, 2.75) is 25.8 Å². The number of aryl methyl sites for hydroxylation is 2. The Kier molecular flexibility index (Phi) is 4.78. The molecule has 1 aromatic carbocycles. The smallest absolute Gasteiger partial charge is 0.268 e. The number of carbonyl (C=O) groups excluding carboxylic acids is 1. The molecule has 3 aromatic rings. The number of nitrogens with two attached hydrogens (primary N) is 1. The van der Waals surface area contributed by atoms with Gasteiger partial charge in [-0.05, 0) is 12.0 Å². The number of amides is 1. The van der Waals surface area contributed by atoms with E-state index < -0.39 is 5.91 Å². The molecule has 0 spiro atoms. The van der Waals surface area contributed by atoms with E-state index >= 15 is 0 Å². The molecule has 0 unspecified atom stereocenters. The van der Waals surface area contributed by atoms with Crippen molar-refractivity contribution in [3.8, 4) is 0 Å². The summed E-state index contributed by atoms with van der Waals surface area (Å²) in [6.45, 7) is 2.27. The number of fused-ring (bicyclic) bond motifs is 1. The standard InChI is InChI=1S/C19H21N7O/c20-19(27)15-12-21-13-18(22-15)25-9-8-17-24-23-16(26(17)11-10-25)7-6-14-4-2-1-3-5-14/h1-5,12-13H,6-11H2,(H2,20,27). The van der Waals surface area contributed by atoms with Gasteiger partial charge in [-0.25, -0.2) is 4.98 Å². The molecule has 138 valence electrons. The lowest BCUT2D eigenvalue weighted by Gasteiger charge is -2.21. The first-order valence-electron chi connectivity index (χ1n) is 9.02. The molecule has 1 amide bonds. The molecular weight excluding hydrogens is 342 g/mol. The highest BCUT2D eigenvalue weighted by atomic mass is 16.1. The quantitative estimate of drug-likeness (QED) is 0.726. The van der Waals surface area contributed by atoms with Gasteiger partial charge in [-0.15, -0.1) is 10.2 Å². The second-order valence-electron chi connectivity index (χ2n) is 6.53. The summed E-state index contributed by atoms with van der Waals surface area (Å²) in [4.78, 5) is 21.9. The van der Waals surface area contributed by atoms with Gasteiger partial charge >= 0.3 is 0 Å². The molecule has 0 saturated carbocycles. The zero-order chi connectivity index (χ0) is 18.6. The van der Waals surface area contributed by atoms with Gasteiger partial charge < -0.3 is 15.2 Å². The van der Waals surface area contributed by atoms with Crippen LogP contribution in [-0.4, -0.2) is 43.7 Å². The Bertz CT molecular complexity index is 938. The Morgan fingerprint density at radius 3 is 2.70 bits per heavy atom. The molecular formula is C19H21N7O. The molecule has 2 aromatic heterocycles. The van der Waals surface area contributed by atoms with E-state index in [4.69, 9.17) is 5.73 Å². The third kappa shape index (κ3) is 3.79. The van der Waals surface area contributed by atoms with Gasteiger partial charge in [0.2, 0.25) is 0 Å². The fraction of sp³-hybridized carbons (Fsp3) is 0.316. The average Bonchev–Trinajstić information content (AvgIpc) is 2.96. The first-order chi connectivity index (χ1) is 13.2. The summed E-state index contributed by atoms with van der Waals surface area (Å²) in [6, 6.07) is 10.4. The molecule has 8 heteroatoms. The second-order valence-corrected chi connectivity index (χ2v) is 6.53. The Balaban J connectivity index is 1.46. The van der Waals surface area contributed by atoms with Gasteiger partial charge in [0.15, 0.2) is 0 Å². The molecule has 4 rings (SSSR count). The van der Waals surface area contributed by atoms with Crippen LogP contribution in [0.1, 0.15) is 27.7 Å². The van der Waals surface area contributed by atoms with Gasteiger partial charge in [0, 0.05) is 32.5 Å². The Hall–Kier alpha value is -3.29. The topological polar surface area (TPSA) is 103 Å². The molecule has 0 aliphatic carbocycles. The molecule has 8 nitrogen and oxygen atoms in total. The zero-order valence-corrected chi connectivity index (χ0v) is 15.0. The van der Waals surface area contributed by atoms with Gasteiger partial charge in [0.05, 0.1) is 12.4 Å². The molecule has 27 heavy (non-hydrogen) atoms. The van der Waals surface area contributed by atoms with Crippen molar-refractivity contribution in [2.24, 2.45) is 5.73 Å². The average molecular weight is 363 g/mol. The molecule has 0 bridgehead atoms. The summed E-state index contributed by atoms with van der Waals surface area (Å²) in [5.74, 6) is 2.09. The van der Waals surface area contributed by atoms with Crippen molar-refractivity contribution in [1.82, 2.24) is 24.7 Å². The number of carbonyl (C=O) groups is 1. The Morgan fingerprint density at radius 1 is 1.04 bits per heavy atom. The third-order valence-corrected chi connectivity index (χ3v) is 4.78. The van der Waals surface area contributed by atoms with Crippen molar-refractivity contribution in [3.63, 3.8) is 0 Å². The van der Waals surface area contributed by atoms with E-state index in [9.17, 15) is 4.79 Å². The normalized spacial score (nSPS) is 13.9. The number of benzene rings is 1. The van der Waals surface area contributed by atoms with Crippen LogP contribution in [-0.2, 0) is 25.8 Å². The van der Waals surface area contributed by atoms with Crippen LogP contribution in [0.4, 0.5) is 5.82 Å². The molecule has 0 radical (unpaired) electrons. The van der Waals surface area contributed by atoms with Crippen molar-refractivity contribution < 1.29 is 4.79 Å². The van der Waals surface area contributed by atoms with Crippen molar-refractivity contribution >= 4 is 11.7 Å². The summed E-state index contributed by atoms with van der Waals surface area (Å²) < 4.78 is 2.20. The summed E-state index contributed by atoms with van der Waals surface area (Å²) in [5, 5.41) is 8.77. The molecule has 2 N–H and O–H groups in total. The number of anilines is 1. The van der Waals surface area contributed by atoms with Crippen LogP contribution >= 0.6 is 0 Å². The molecule has 3 heterocycles. The summed E-state index contributed by atoms with van der Waals surface area (Å²) in [7, 11) is 0. The van der Waals surface area contributed by atoms with Crippen molar-refractivity contribution in [1.29, 1.82) is 0 Å². The van der Waals surface area contributed by atoms with Crippen LogP contribution in [0.25, 0.3) is 0 Å². The Morgan fingerprint density at radius 2 is 1.89 bits per heavy atom. The molecule has 0 saturated heterocycles. The van der Waals surface area contributed by atoms with E-state index in [1.165, 1.54) is 11.8 Å². The van der Waals surface area contributed by atoms with Crippen LogP contribution in [0.2, 0.25) is 0 Å². The predicted molar refractivity (Wildman–Crippen MR) is 100 cm³/mol. The highest BCUT2D eigenvalue weighted by molar-refractivity contribution is 5.90. The van der Waals surface area contributed by atoms with E-state index in [2.05, 4.69) is 53.9 Å². The van der Waals surface area contributed by atoms with Crippen LogP contribution in [0.3, 0.4) is 0 Å². The molecule has 0 fully saturated rings. The minimum atomic E-state index is -0.570. The molecule has 0 atom stereocenters. The van der Waals surface area contributed by atoms with Gasteiger partial charge in [-0.2, -0.15) is 0 Å². The maximum Gasteiger partial charge on any atom is 0.268 e. The highest BCUT2D eigenvalue weighted by Crippen LogP contribution is 2.16. The van der Waals surface area contributed by atoms with E-state index in [0.29, 0.717) is 5.82 Å². The number of hydrogen-bond acceptors (Lipinski definition) is 6. The van der Waals surface area contributed by atoms with Gasteiger partial charge in [0.1, 0.15) is 23.2 Å². The van der Waals surface area contributed by atoms with Gasteiger partial charge in [-0.1, -0.05) is 30.3 Å². The van der Waals surface area contributed by atoms with Crippen LogP contribution in [0.15, 0.2) is 42.7 Å². The SMILES string of the molecule is NC(=O)c1cncc(N2CCc3nnc(CCc4ccccc4)n3CC2)n1. The van der Waals surface area contributed by atoms with E-state index in [-0.39, 0.29) is 5.69 Å². The minimum Gasteiger partial charge on any atom is -0.364 e. The number of nitrogens with zero attached hydrogens (tertiary/aromatic N) is 6. The largest absolute Gasteiger partial charge is 0.364 e. The maximum absolute atomic E-state index is 11.4. The summed E-state index contributed by atoms with van der Waals surface area (Å²) in [6.07, 6.45) is 5.61. The van der Waals surface area contributed by atoms with E-state index in [1.54, 1.807) is 6.20 Å². The van der Waals surface area contributed by atoms with Crippen LogP contribution in [0.5, 0.6) is 0 Å². The number of aromatic nitrogens is 5. The van der Waals surface area contributed by atoms with Crippen LogP contribution in [0, 0.1) is 0 Å². The predicted octanol–water partition coefficient (Wildman–Crippen LogP) is 1.01. The number of hydrogen-bond donors (Lipinski definition) is 1. The zero-order valence-electron chi connectivity index (χ0n) is 15.0. The van der Waals surface area contributed by atoms with E-state index in [0.717, 1.165) is 50.5 Å². The highest BCUT2D eigenvalue weighted by Gasteiger charge is 2.20. The first kappa shape index (κ1) is 17.1. The van der Waals surface area contributed by atoms with Gasteiger partial charge in [0.25, 0.3) is 5.91 Å². The first-order valence-corrected chi connectivity index (χ1v) is 9.02. The number of primary amides is 1. The lowest BCUT2D eigenvalue weighted by atomic mass is 10.1. The van der Waals surface area contributed by atoms with Crippen LogP contribution < -0.4 is 10.6 Å². The molecule has 1 aliphatic heterocycles. The molecule has 1 aliphatic rings. The van der Waals surface area contributed by atoms with Gasteiger partial charge in [-0.3, -0.25) is 9.78 Å². The van der Waals surface area contributed by atoms with Crippen molar-refractivity contribution in [3.05, 3.63) is 65.6 Å². The lowest BCUT2D eigenvalue weighted by Crippen LogP contribution is -2.28. The minimum absolute atomic E-state index is 0.180. The van der Waals surface area contributed by atoms with E-state index in [1.807, 2.05) is 6.07 Å². The summed E-state index contributed by atoms with van der Waals surface area (Å²) >= 11 is 0. The van der Waals surface area contributed by atoms with Crippen molar-refractivity contribution in [2.75, 3.05) is 18.0 Å². The maximum atomic E-state index is 11.4. The fourth-order valence-electron chi connectivity index (χ4n) is 3.32. The lowest BCUT2D eigenvalue weighted by molar-refractivity contribution is 0.0995.